The third kappa shape index (κ3) is 5.92. The zero-order valence-electron chi connectivity index (χ0n) is 12.2. The molecule has 0 unspecified atom stereocenters. The lowest BCUT2D eigenvalue weighted by Gasteiger charge is -2.24. The molecule has 0 aromatic carbocycles. The van der Waals surface area contributed by atoms with Gasteiger partial charge in [0.15, 0.2) is 0 Å². The van der Waals surface area contributed by atoms with E-state index in [-0.39, 0.29) is 11.0 Å². The summed E-state index contributed by atoms with van der Waals surface area (Å²) in [4.78, 5) is 10.7. The Hall–Kier alpha value is -1.29. The van der Waals surface area contributed by atoms with Crippen molar-refractivity contribution in [3.63, 3.8) is 0 Å². The molecule has 0 bridgehead atoms. The van der Waals surface area contributed by atoms with Crippen LogP contribution in [0.1, 0.15) is 62.6 Å². The van der Waals surface area contributed by atoms with Crippen LogP contribution >= 0.6 is 0 Å². The Morgan fingerprint density at radius 3 is 2.74 bits per heavy atom. The van der Waals surface area contributed by atoms with E-state index in [9.17, 15) is 4.79 Å². The maximum Gasteiger partial charge on any atom is 0.338 e. The van der Waals surface area contributed by atoms with Crippen molar-refractivity contribution in [1.82, 2.24) is 5.32 Å². The van der Waals surface area contributed by atoms with Crippen LogP contribution in [0.15, 0.2) is 16.7 Å². The maximum atomic E-state index is 10.7. The van der Waals surface area contributed by atoms with Gasteiger partial charge >= 0.3 is 5.97 Å². The molecule has 0 saturated heterocycles. The topological polar surface area (TPSA) is 62.5 Å². The summed E-state index contributed by atoms with van der Waals surface area (Å²) in [5.41, 5.74) is 0.469. The van der Waals surface area contributed by atoms with Gasteiger partial charge in [0, 0.05) is 6.54 Å². The van der Waals surface area contributed by atoms with Gasteiger partial charge in [0.1, 0.15) is 12.0 Å². The van der Waals surface area contributed by atoms with E-state index in [2.05, 4.69) is 26.1 Å². The summed E-state index contributed by atoms with van der Waals surface area (Å²) in [7, 11) is 0. The van der Waals surface area contributed by atoms with E-state index < -0.39 is 5.97 Å². The zero-order valence-corrected chi connectivity index (χ0v) is 12.2. The molecule has 1 heterocycles. The highest BCUT2D eigenvalue weighted by Crippen LogP contribution is 2.22. The largest absolute Gasteiger partial charge is 0.478 e. The predicted octanol–water partition coefficient (Wildman–Crippen LogP) is 3.67. The van der Waals surface area contributed by atoms with E-state index >= 15 is 0 Å². The van der Waals surface area contributed by atoms with Crippen LogP contribution < -0.4 is 5.32 Å². The summed E-state index contributed by atoms with van der Waals surface area (Å²) in [5, 5.41) is 12.1. The third-order valence-corrected chi connectivity index (χ3v) is 3.26. The molecule has 2 N–H and O–H groups in total. The molecule has 4 heteroatoms. The Bertz CT molecular complexity index is 396. The van der Waals surface area contributed by atoms with Crippen molar-refractivity contribution in [1.29, 1.82) is 0 Å². The van der Waals surface area contributed by atoms with Gasteiger partial charge in [-0.25, -0.2) is 4.79 Å². The number of rotatable bonds is 9. The Morgan fingerprint density at radius 1 is 1.42 bits per heavy atom. The summed E-state index contributed by atoms with van der Waals surface area (Å²) in [6.07, 6.45) is 6.27. The molecule has 1 aromatic heterocycles. The van der Waals surface area contributed by atoms with Crippen molar-refractivity contribution in [2.75, 3.05) is 6.54 Å². The lowest BCUT2D eigenvalue weighted by Crippen LogP contribution is -2.28. The second-order valence-corrected chi connectivity index (χ2v) is 5.83. The number of carboxylic acid groups (broad SMARTS) is 1. The van der Waals surface area contributed by atoms with Gasteiger partial charge in [-0.1, -0.05) is 40.0 Å². The van der Waals surface area contributed by atoms with Gasteiger partial charge in [0.2, 0.25) is 0 Å². The lowest BCUT2D eigenvalue weighted by atomic mass is 9.87. The first-order valence-corrected chi connectivity index (χ1v) is 6.96. The smallest absolute Gasteiger partial charge is 0.338 e. The van der Waals surface area contributed by atoms with Crippen molar-refractivity contribution < 1.29 is 14.3 Å². The van der Waals surface area contributed by atoms with Gasteiger partial charge < -0.3 is 14.8 Å². The van der Waals surface area contributed by atoms with Crippen LogP contribution in [0.3, 0.4) is 0 Å². The van der Waals surface area contributed by atoms with Crippen LogP contribution in [-0.4, -0.2) is 17.6 Å². The molecule has 1 aromatic rings. The Balaban J connectivity index is 2.30. The quantitative estimate of drug-likeness (QED) is 0.670. The molecule has 0 atom stereocenters. The molecule has 0 aliphatic heterocycles. The molecule has 0 saturated carbocycles. The summed E-state index contributed by atoms with van der Waals surface area (Å²) < 4.78 is 5.20. The number of furan rings is 1. The van der Waals surface area contributed by atoms with Crippen molar-refractivity contribution in [2.45, 2.75) is 53.0 Å². The van der Waals surface area contributed by atoms with Gasteiger partial charge in [-0.2, -0.15) is 0 Å². The summed E-state index contributed by atoms with van der Waals surface area (Å²) in [5.74, 6) is -0.281. The molecular formula is C15H25NO3. The van der Waals surface area contributed by atoms with Crippen molar-refractivity contribution in [3.8, 4) is 0 Å². The predicted molar refractivity (Wildman–Crippen MR) is 75.3 cm³/mol. The molecule has 19 heavy (non-hydrogen) atoms. The first-order chi connectivity index (χ1) is 8.94. The lowest BCUT2D eigenvalue weighted by molar-refractivity contribution is 0.0696. The van der Waals surface area contributed by atoms with Crippen molar-refractivity contribution in [2.24, 2.45) is 5.41 Å². The third-order valence-electron chi connectivity index (χ3n) is 3.26. The minimum absolute atomic E-state index is 0.207. The summed E-state index contributed by atoms with van der Waals surface area (Å²) in [6, 6.07) is 1.57. The van der Waals surface area contributed by atoms with Crippen LogP contribution in [0.2, 0.25) is 0 Å². The van der Waals surface area contributed by atoms with E-state index in [1.165, 1.54) is 31.9 Å². The van der Waals surface area contributed by atoms with Gasteiger partial charge in [0.05, 0.1) is 12.1 Å². The first-order valence-electron chi connectivity index (χ1n) is 6.96. The highest BCUT2D eigenvalue weighted by Gasteiger charge is 2.17. The fourth-order valence-corrected chi connectivity index (χ4v) is 2.05. The maximum absolute atomic E-state index is 10.7. The molecule has 0 amide bonds. The van der Waals surface area contributed by atoms with Gasteiger partial charge in [-0.05, 0) is 17.9 Å². The second kappa shape index (κ2) is 7.34. The molecule has 0 fully saturated rings. The molecular weight excluding hydrogens is 242 g/mol. The Morgan fingerprint density at radius 2 is 2.16 bits per heavy atom. The number of aromatic carboxylic acids is 1. The molecule has 0 aliphatic rings. The van der Waals surface area contributed by atoms with Crippen LogP contribution in [0.25, 0.3) is 0 Å². The zero-order chi connectivity index (χ0) is 14.3. The number of nitrogens with one attached hydrogen (secondary N) is 1. The molecule has 1 rings (SSSR count). The van der Waals surface area contributed by atoms with Crippen LogP contribution in [0.5, 0.6) is 0 Å². The number of carbonyl (C=O) groups is 1. The minimum Gasteiger partial charge on any atom is -0.478 e. The standard InChI is InChI=1S/C15H25NO3/c1-4-5-6-7-15(2,3)11-16-9-13-8-12(10-19-13)14(17)18/h8,10,16H,4-7,9,11H2,1-3H3,(H,17,18). The van der Waals surface area contributed by atoms with Crippen molar-refractivity contribution in [3.05, 3.63) is 23.7 Å². The first kappa shape index (κ1) is 15.8. The molecule has 0 spiro atoms. The van der Waals surface area contributed by atoms with E-state index in [4.69, 9.17) is 9.52 Å². The van der Waals surface area contributed by atoms with E-state index in [1.54, 1.807) is 6.07 Å². The average Bonchev–Trinajstić information content (AvgIpc) is 2.78. The summed E-state index contributed by atoms with van der Waals surface area (Å²) in [6.45, 7) is 8.19. The molecule has 0 aliphatic carbocycles. The van der Waals surface area contributed by atoms with Crippen LogP contribution in [0, 0.1) is 5.41 Å². The highest BCUT2D eigenvalue weighted by molar-refractivity contribution is 5.87. The van der Waals surface area contributed by atoms with E-state index in [0.717, 1.165) is 6.54 Å². The molecule has 4 nitrogen and oxygen atoms in total. The summed E-state index contributed by atoms with van der Waals surface area (Å²) >= 11 is 0. The number of hydrogen-bond donors (Lipinski definition) is 2. The van der Waals surface area contributed by atoms with Crippen molar-refractivity contribution >= 4 is 5.97 Å². The minimum atomic E-state index is -0.949. The number of carboxylic acids is 1. The van der Waals surface area contributed by atoms with Gasteiger partial charge in [-0.15, -0.1) is 0 Å². The van der Waals surface area contributed by atoms with Gasteiger partial charge in [-0.3, -0.25) is 0 Å². The second-order valence-electron chi connectivity index (χ2n) is 5.83. The number of hydrogen-bond acceptors (Lipinski definition) is 3. The normalized spacial score (nSPS) is 11.7. The van der Waals surface area contributed by atoms with Crippen LogP contribution in [0.4, 0.5) is 0 Å². The van der Waals surface area contributed by atoms with E-state index in [0.29, 0.717) is 12.3 Å². The average molecular weight is 267 g/mol. The van der Waals surface area contributed by atoms with Gasteiger partial charge in [0.25, 0.3) is 0 Å². The van der Waals surface area contributed by atoms with E-state index in [1.807, 2.05) is 0 Å². The Labute approximate surface area is 115 Å². The fraction of sp³-hybridized carbons (Fsp3) is 0.667. The SMILES string of the molecule is CCCCCC(C)(C)CNCc1cc(C(=O)O)co1. The molecule has 0 radical (unpaired) electrons. The monoisotopic (exact) mass is 267 g/mol. The number of unbranched alkanes of at least 4 members (excludes halogenated alkanes) is 2. The molecule has 108 valence electrons. The van der Waals surface area contributed by atoms with Crippen LogP contribution in [-0.2, 0) is 6.54 Å². The highest BCUT2D eigenvalue weighted by atomic mass is 16.4. The Kier molecular flexibility index (Phi) is 6.09. The fourth-order valence-electron chi connectivity index (χ4n) is 2.05.